The predicted octanol–water partition coefficient (Wildman–Crippen LogP) is 13.2. The molecular formula is C54H80O8. The average molecular weight is 857 g/mol. The van der Waals surface area contributed by atoms with Crippen LogP contribution in [0.3, 0.4) is 0 Å². The molecule has 3 aliphatic carbocycles. The van der Waals surface area contributed by atoms with E-state index in [0.717, 1.165) is 127 Å². The summed E-state index contributed by atoms with van der Waals surface area (Å²) < 4.78 is 35.1. The number of esters is 2. The van der Waals surface area contributed by atoms with Crippen molar-refractivity contribution in [2.75, 3.05) is 39.6 Å². The lowest BCUT2D eigenvalue weighted by atomic mass is 9.77. The van der Waals surface area contributed by atoms with E-state index in [9.17, 15) is 9.59 Å². The van der Waals surface area contributed by atoms with E-state index in [0.29, 0.717) is 25.0 Å². The van der Waals surface area contributed by atoms with Crippen LogP contribution in [0.1, 0.15) is 177 Å². The van der Waals surface area contributed by atoms with Gasteiger partial charge in [0.05, 0.1) is 38.6 Å². The summed E-state index contributed by atoms with van der Waals surface area (Å²) in [6, 6.07) is 17.7. The molecule has 2 aromatic rings. The van der Waals surface area contributed by atoms with Crippen molar-refractivity contribution in [1.29, 1.82) is 0 Å². The Bertz CT molecular complexity index is 1410. The topological polar surface area (TPSA) is 89.5 Å². The maximum Gasteiger partial charge on any atom is 0.330 e. The maximum absolute atomic E-state index is 11.1. The van der Waals surface area contributed by atoms with Crippen molar-refractivity contribution >= 4 is 11.9 Å². The molecule has 0 heterocycles. The monoisotopic (exact) mass is 857 g/mol. The van der Waals surface area contributed by atoms with Crippen LogP contribution in [-0.2, 0) is 28.5 Å². The first-order valence-electron chi connectivity index (χ1n) is 24.8. The van der Waals surface area contributed by atoms with Crippen LogP contribution in [-0.4, -0.2) is 63.8 Å². The first kappa shape index (κ1) is 49.4. The molecule has 3 aliphatic rings. The minimum absolute atomic E-state index is 0.270. The standard InChI is InChI=1S/C54H80O8/c1-3-53(55)61-39-13-7-5-11-37-57-49-33-29-47(30-34-49)45-25-21-43(22-26-45)17-15-41-59-51-19-9-10-20-52(51)60-42-16-18-44-23-27-46(28-24-44)48-31-35-50(36-32-48)58-38-12-6-8-14-40-62-54(56)4-2/h3-4,29-36,43-46,51-52H,1-2,5-28,37-42H2/t43-,44-,45-,46-,51-,52-/m1/s1. The Morgan fingerprint density at radius 1 is 0.452 bits per heavy atom. The van der Waals surface area contributed by atoms with Gasteiger partial charge in [0.25, 0.3) is 0 Å². The normalized spacial score (nSPS) is 22.6. The van der Waals surface area contributed by atoms with Gasteiger partial charge in [0, 0.05) is 25.4 Å². The highest BCUT2D eigenvalue weighted by atomic mass is 16.5. The molecule has 0 aliphatic heterocycles. The van der Waals surface area contributed by atoms with Crippen molar-refractivity contribution in [3.63, 3.8) is 0 Å². The average Bonchev–Trinajstić information content (AvgIpc) is 3.32. The lowest BCUT2D eigenvalue weighted by molar-refractivity contribution is -0.138. The molecule has 2 atom stereocenters. The van der Waals surface area contributed by atoms with Gasteiger partial charge in [-0.2, -0.15) is 0 Å². The summed E-state index contributed by atoms with van der Waals surface area (Å²) in [7, 11) is 0. The Hall–Kier alpha value is -3.62. The van der Waals surface area contributed by atoms with Crippen LogP contribution in [0, 0.1) is 11.8 Å². The molecule has 62 heavy (non-hydrogen) atoms. The summed E-state index contributed by atoms with van der Waals surface area (Å²) in [4.78, 5) is 22.2. The van der Waals surface area contributed by atoms with E-state index in [-0.39, 0.29) is 24.1 Å². The van der Waals surface area contributed by atoms with E-state index < -0.39 is 0 Å². The number of hydrogen-bond acceptors (Lipinski definition) is 8. The van der Waals surface area contributed by atoms with Crippen molar-refractivity contribution in [3.8, 4) is 11.5 Å². The van der Waals surface area contributed by atoms with E-state index in [1.807, 2.05) is 0 Å². The fourth-order valence-electron chi connectivity index (χ4n) is 9.86. The summed E-state index contributed by atoms with van der Waals surface area (Å²) in [6.45, 7) is 10.9. The quantitative estimate of drug-likeness (QED) is 0.0436. The second kappa shape index (κ2) is 29.7. The molecule has 3 saturated carbocycles. The van der Waals surface area contributed by atoms with E-state index >= 15 is 0 Å². The smallest absolute Gasteiger partial charge is 0.330 e. The van der Waals surface area contributed by atoms with Gasteiger partial charge in [0.2, 0.25) is 0 Å². The van der Waals surface area contributed by atoms with Crippen LogP contribution >= 0.6 is 0 Å². The summed E-state index contributed by atoms with van der Waals surface area (Å²) in [5.41, 5.74) is 2.91. The second-order valence-corrected chi connectivity index (χ2v) is 18.2. The van der Waals surface area contributed by atoms with Crippen LogP contribution in [0.15, 0.2) is 73.8 Å². The molecule has 0 N–H and O–H groups in total. The van der Waals surface area contributed by atoms with Gasteiger partial charge in [0.15, 0.2) is 0 Å². The first-order valence-corrected chi connectivity index (χ1v) is 24.8. The zero-order valence-corrected chi connectivity index (χ0v) is 38.1. The third kappa shape index (κ3) is 19.0. The molecule has 0 saturated heterocycles. The Morgan fingerprint density at radius 3 is 1.19 bits per heavy atom. The highest BCUT2D eigenvalue weighted by Crippen LogP contribution is 2.39. The number of rotatable bonds is 30. The molecule has 0 amide bonds. The summed E-state index contributed by atoms with van der Waals surface area (Å²) in [6.07, 6.45) is 31.0. The minimum atomic E-state index is -0.345. The van der Waals surface area contributed by atoms with Crippen LogP contribution in [0.5, 0.6) is 11.5 Å². The lowest BCUT2D eigenvalue weighted by Crippen LogP contribution is -2.35. The maximum atomic E-state index is 11.1. The number of benzene rings is 2. The lowest BCUT2D eigenvalue weighted by Gasteiger charge is -2.32. The number of ether oxygens (including phenoxy) is 6. The van der Waals surface area contributed by atoms with Gasteiger partial charge < -0.3 is 28.4 Å². The Balaban J connectivity index is 0.851. The number of unbranched alkanes of at least 4 members (excludes halogenated alkanes) is 6. The highest BCUT2D eigenvalue weighted by Gasteiger charge is 2.28. The van der Waals surface area contributed by atoms with Crippen molar-refractivity contribution in [2.45, 2.75) is 178 Å². The van der Waals surface area contributed by atoms with Crippen LogP contribution in [0.25, 0.3) is 0 Å². The molecule has 0 radical (unpaired) electrons. The number of carbonyl (C=O) groups is 2. The van der Waals surface area contributed by atoms with Crippen molar-refractivity contribution < 1.29 is 38.0 Å². The SMILES string of the molecule is C=CC(=O)OCCCCCCOc1ccc([C@H]2CC[C@H](CCCO[C@@H]3CCCC[C@H]3OCCC[C@H]3CC[C@H](c4ccc(OCCCCCCOC(=O)C=C)cc4)CC3)CC2)cc1. The Labute approximate surface area is 374 Å². The fourth-order valence-corrected chi connectivity index (χ4v) is 9.86. The highest BCUT2D eigenvalue weighted by molar-refractivity contribution is 5.81. The second-order valence-electron chi connectivity index (χ2n) is 18.2. The largest absolute Gasteiger partial charge is 0.494 e. The molecule has 8 nitrogen and oxygen atoms in total. The van der Waals surface area contributed by atoms with Crippen molar-refractivity contribution in [1.82, 2.24) is 0 Å². The zero-order chi connectivity index (χ0) is 43.5. The van der Waals surface area contributed by atoms with Crippen molar-refractivity contribution in [2.24, 2.45) is 11.8 Å². The molecule has 0 bridgehead atoms. The molecule has 0 unspecified atom stereocenters. The molecular weight excluding hydrogens is 777 g/mol. The number of carbonyl (C=O) groups excluding carboxylic acids is 2. The third-order valence-electron chi connectivity index (χ3n) is 13.7. The predicted molar refractivity (Wildman–Crippen MR) is 249 cm³/mol. The van der Waals surface area contributed by atoms with Gasteiger partial charge in [0.1, 0.15) is 11.5 Å². The molecule has 0 spiro atoms. The van der Waals surface area contributed by atoms with Gasteiger partial charge in [-0.3, -0.25) is 0 Å². The summed E-state index contributed by atoms with van der Waals surface area (Å²) in [5.74, 6) is 4.19. The fraction of sp³-hybridized carbons (Fsp3) is 0.667. The van der Waals surface area contributed by atoms with Crippen molar-refractivity contribution in [3.05, 3.63) is 85.0 Å². The van der Waals surface area contributed by atoms with Crippen LogP contribution in [0.4, 0.5) is 0 Å². The first-order chi connectivity index (χ1) is 30.5. The molecule has 8 heteroatoms. The van der Waals surface area contributed by atoms with E-state index in [2.05, 4.69) is 61.7 Å². The van der Waals surface area contributed by atoms with E-state index in [4.69, 9.17) is 28.4 Å². The third-order valence-corrected chi connectivity index (χ3v) is 13.7. The van der Waals surface area contributed by atoms with Crippen LogP contribution in [0.2, 0.25) is 0 Å². The molecule has 344 valence electrons. The molecule has 5 rings (SSSR count). The summed E-state index contributed by atoms with van der Waals surface area (Å²) in [5, 5.41) is 0. The van der Waals surface area contributed by atoms with E-state index in [1.54, 1.807) is 0 Å². The minimum Gasteiger partial charge on any atom is -0.494 e. The van der Waals surface area contributed by atoms with Gasteiger partial charge >= 0.3 is 11.9 Å². The van der Waals surface area contributed by atoms with Gasteiger partial charge in [-0.15, -0.1) is 0 Å². The van der Waals surface area contributed by atoms with E-state index in [1.165, 1.54) is 100 Å². The van der Waals surface area contributed by atoms with Gasteiger partial charge in [-0.05, 0) is 200 Å². The summed E-state index contributed by atoms with van der Waals surface area (Å²) >= 11 is 0. The zero-order valence-electron chi connectivity index (χ0n) is 38.1. The van der Waals surface area contributed by atoms with Gasteiger partial charge in [-0.25, -0.2) is 9.59 Å². The molecule has 3 fully saturated rings. The Kier molecular flexibility index (Phi) is 23.7. The molecule has 2 aromatic carbocycles. The number of hydrogen-bond donors (Lipinski definition) is 0. The van der Waals surface area contributed by atoms with Gasteiger partial charge in [-0.1, -0.05) is 50.3 Å². The van der Waals surface area contributed by atoms with Crippen LogP contribution < -0.4 is 9.47 Å². The Morgan fingerprint density at radius 2 is 0.823 bits per heavy atom. The molecule has 0 aromatic heterocycles.